The summed E-state index contributed by atoms with van der Waals surface area (Å²) in [4.78, 5) is 0. The molecule has 1 aromatic carbocycles. The van der Waals surface area contributed by atoms with E-state index in [4.69, 9.17) is 4.74 Å². The maximum atomic E-state index is 13.4. The van der Waals surface area contributed by atoms with Crippen molar-refractivity contribution >= 4 is 15.9 Å². The van der Waals surface area contributed by atoms with E-state index in [2.05, 4.69) is 48.6 Å². The maximum absolute atomic E-state index is 13.4. The molecule has 1 aromatic rings. The minimum absolute atomic E-state index is 0.00250. The first-order valence-corrected chi connectivity index (χ1v) is 6.56. The van der Waals surface area contributed by atoms with Gasteiger partial charge in [-0.25, -0.2) is 4.39 Å². The fourth-order valence-electron chi connectivity index (χ4n) is 1.34. The quantitative estimate of drug-likeness (QED) is 0.886. The minimum atomic E-state index is -0.293. The lowest BCUT2D eigenvalue weighted by atomic mass is 10.1. The van der Waals surface area contributed by atoms with E-state index < -0.39 is 0 Å². The van der Waals surface area contributed by atoms with Crippen molar-refractivity contribution < 1.29 is 9.13 Å². The molecular weight excluding hydrogens is 297 g/mol. The van der Waals surface area contributed by atoms with Gasteiger partial charge in [-0.1, -0.05) is 22.5 Å². The molecule has 0 radical (unpaired) electrons. The van der Waals surface area contributed by atoms with Crippen LogP contribution in [0.1, 0.15) is 26.3 Å². The highest BCUT2D eigenvalue weighted by molar-refractivity contribution is 9.11. The highest BCUT2D eigenvalue weighted by Crippen LogP contribution is 2.18. The SMILES string of the molecule is C=C(Br)COc1cc(F)cc(CNC(C)(C)C)c1. The summed E-state index contributed by atoms with van der Waals surface area (Å²) < 4.78 is 19.6. The molecule has 2 nitrogen and oxygen atoms in total. The van der Waals surface area contributed by atoms with Gasteiger partial charge in [0.1, 0.15) is 18.2 Å². The van der Waals surface area contributed by atoms with Crippen molar-refractivity contribution in [1.29, 1.82) is 0 Å². The Hall–Kier alpha value is -0.870. The molecule has 0 amide bonds. The molecule has 0 atom stereocenters. The van der Waals surface area contributed by atoms with Crippen LogP contribution in [-0.4, -0.2) is 12.1 Å². The van der Waals surface area contributed by atoms with Crippen LogP contribution in [0.5, 0.6) is 5.75 Å². The monoisotopic (exact) mass is 315 g/mol. The zero-order valence-corrected chi connectivity index (χ0v) is 12.6. The molecule has 0 spiro atoms. The highest BCUT2D eigenvalue weighted by Gasteiger charge is 2.09. The summed E-state index contributed by atoms with van der Waals surface area (Å²) in [5.74, 6) is 0.222. The zero-order chi connectivity index (χ0) is 13.8. The Balaban J connectivity index is 2.71. The summed E-state index contributed by atoms with van der Waals surface area (Å²) in [6.07, 6.45) is 0. The number of ether oxygens (including phenoxy) is 1. The fraction of sp³-hybridized carbons (Fsp3) is 0.429. The zero-order valence-electron chi connectivity index (χ0n) is 11.0. The maximum Gasteiger partial charge on any atom is 0.127 e. The van der Waals surface area contributed by atoms with Crippen LogP contribution in [0.2, 0.25) is 0 Å². The number of hydrogen-bond acceptors (Lipinski definition) is 2. The van der Waals surface area contributed by atoms with Gasteiger partial charge in [-0.3, -0.25) is 0 Å². The molecule has 0 fully saturated rings. The van der Waals surface area contributed by atoms with E-state index in [1.54, 1.807) is 0 Å². The molecule has 0 aromatic heterocycles. The summed E-state index contributed by atoms with van der Waals surface area (Å²) in [6.45, 7) is 10.8. The van der Waals surface area contributed by atoms with Crippen molar-refractivity contribution in [3.05, 3.63) is 40.6 Å². The van der Waals surface area contributed by atoms with Gasteiger partial charge >= 0.3 is 0 Å². The number of nitrogens with one attached hydrogen (secondary N) is 1. The van der Waals surface area contributed by atoms with Crippen LogP contribution in [0.3, 0.4) is 0 Å². The van der Waals surface area contributed by atoms with E-state index in [0.29, 0.717) is 18.9 Å². The molecule has 0 saturated carbocycles. The summed E-state index contributed by atoms with van der Waals surface area (Å²) in [6, 6.07) is 4.71. The van der Waals surface area contributed by atoms with Crippen molar-refractivity contribution in [2.75, 3.05) is 6.61 Å². The first-order chi connectivity index (χ1) is 8.26. The van der Waals surface area contributed by atoms with Crippen LogP contribution >= 0.6 is 15.9 Å². The number of halogens is 2. The fourth-order valence-corrected chi connectivity index (χ4v) is 1.45. The lowest BCUT2D eigenvalue weighted by molar-refractivity contribution is 0.357. The number of benzene rings is 1. The Morgan fingerprint density at radius 3 is 2.61 bits per heavy atom. The van der Waals surface area contributed by atoms with Gasteiger partial charge in [-0.05, 0) is 38.5 Å². The summed E-state index contributed by atoms with van der Waals surface area (Å²) in [5, 5.41) is 3.31. The van der Waals surface area contributed by atoms with Crippen LogP contribution in [0, 0.1) is 5.82 Å². The van der Waals surface area contributed by atoms with E-state index in [9.17, 15) is 4.39 Å². The van der Waals surface area contributed by atoms with E-state index in [0.717, 1.165) is 10.0 Å². The van der Waals surface area contributed by atoms with E-state index in [1.165, 1.54) is 12.1 Å². The first kappa shape index (κ1) is 15.2. The summed E-state index contributed by atoms with van der Waals surface area (Å²) in [7, 11) is 0. The van der Waals surface area contributed by atoms with E-state index in [1.807, 2.05) is 6.07 Å². The molecule has 4 heteroatoms. The van der Waals surface area contributed by atoms with Gasteiger partial charge in [-0.2, -0.15) is 0 Å². The molecular formula is C14H19BrFNO. The standard InChI is InChI=1S/C14H19BrFNO/c1-10(15)9-18-13-6-11(5-12(16)7-13)8-17-14(2,3)4/h5-7,17H,1,8-9H2,2-4H3. The van der Waals surface area contributed by atoms with Gasteiger partial charge in [0.15, 0.2) is 0 Å². The predicted octanol–water partition coefficient (Wildman–Crippen LogP) is 4.00. The van der Waals surface area contributed by atoms with E-state index in [-0.39, 0.29) is 11.4 Å². The Bertz CT molecular complexity index is 426. The lowest BCUT2D eigenvalue weighted by Crippen LogP contribution is -2.35. The average Bonchev–Trinajstić information content (AvgIpc) is 2.22. The van der Waals surface area contributed by atoms with Gasteiger partial charge in [0, 0.05) is 22.6 Å². The largest absolute Gasteiger partial charge is 0.488 e. The Morgan fingerprint density at radius 1 is 1.39 bits per heavy atom. The second-order valence-corrected chi connectivity index (χ2v) is 6.33. The smallest absolute Gasteiger partial charge is 0.127 e. The van der Waals surface area contributed by atoms with Gasteiger partial charge in [0.05, 0.1) is 0 Å². The van der Waals surface area contributed by atoms with Crippen LogP contribution in [0.25, 0.3) is 0 Å². The molecule has 18 heavy (non-hydrogen) atoms. The molecule has 100 valence electrons. The summed E-state index contributed by atoms with van der Waals surface area (Å²) in [5.41, 5.74) is 0.859. The number of hydrogen-bond donors (Lipinski definition) is 1. The third-order valence-corrected chi connectivity index (χ3v) is 2.38. The molecule has 0 bridgehead atoms. The van der Waals surface area contributed by atoms with Crippen LogP contribution in [0.4, 0.5) is 4.39 Å². The molecule has 1 rings (SSSR count). The lowest BCUT2D eigenvalue weighted by Gasteiger charge is -2.20. The molecule has 0 saturated heterocycles. The van der Waals surface area contributed by atoms with Crippen molar-refractivity contribution in [3.63, 3.8) is 0 Å². The van der Waals surface area contributed by atoms with Crippen molar-refractivity contribution in [2.24, 2.45) is 0 Å². The van der Waals surface area contributed by atoms with E-state index >= 15 is 0 Å². The molecule has 0 aliphatic heterocycles. The minimum Gasteiger partial charge on any atom is -0.488 e. The van der Waals surface area contributed by atoms with Gasteiger partial charge in [0.25, 0.3) is 0 Å². The Morgan fingerprint density at radius 2 is 2.06 bits per heavy atom. The van der Waals surface area contributed by atoms with Gasteiger partial charge in [0.2, 0.25) is 0 Å². The Labute approximate surface area is 116 Å². The molecule has 1 N–H and O–H groups in total. The predicted molar refractivity (Wildman–Crippen MR) is 76.6 cm³/mol. The topological polar surface area (TPSA) is 21.3 Å². The van der Waals surface area contributed by atoms with Gasteiger partial charge in [-0.15, -0.1) is 0 Å². The second kappa shape index (κ2) is 6.34. The molecule has 0 heterocycles. The van der Waals surface area contributed by atoms with Gasteiger partial charge < -0.3 is 10.1 Å². The third-order valence-electron chi connectivity index (χ3n) is 2.15. The van der Waals surface area contributed by atoms with Crippen LogP contribution < -0.4 is 10.1 Å². The molecule has 0 aliphatic carbocycles. The van der Waals surface area contributed by atoms with Crippen LogP contribution in [-0.2, 0) is 6.54 Å². The molecule has 0 unspecified atom stereocenters. The number of rotatable bonds is 5. The third kappa shape index (κ3) is 6.17. The van der Waals surface area contributed by atoms with Crippen molar-refractivity contribution in [2.45, 2.75) is 32.9 Å². The van der Waals surface area contributed by atoms with Crippen molar-refractivity contribution in [3.8, 4) is 5.75 Å². The molecule has 0 aliphatic rings. The summed E-state index contributed by atoms with van der Waals surface area (Å²) >= 11 is 3.20. The first-order valence-electron chi connectivity index (χ1n) is 5.77. The normalized spacial score (nSPS) is 11.4. The van der Waals surface area contributed by atoms with Crippen molar-refractivity contribution in [1.82, 2.24) is 5.32 Å². The Kier molecular flexibility index (Phi) is 5.35. The highest BCUT2D eigenvalue weighted by atomic mass is 79.9. The van der Waals surface area contributed by atoms with Crippen LogP contribution in [0.15, 0.2) is 29.3 Å². The second-order valence-electron chi connectivity index (χ2n) is 5.20. The average molecular weight is 316 g/mol.